The van der Waals surface area contributed by atoms with Gasteiger partial charge in [0.05, 0.1) is 6.42 Å². The predicted octanol–water partition coefficient (Wildman–Crippen LogP) is 3.80. The minimum atomic E-state index is -4.09. The lowest BCUT2D eigenvalue weighted by molar-refractivity contribution is -0.139. The van der Waals surface area contributed by atoms with Crippen LogP contribution in [0.2, 0.25) is 0 Å². The Hall–Kier alpha value is -0.550. The third kappa shape index (κ3) is 4.53. The molecule has 1 nitrogen and oxygen atoms in total. The summed E-state index contributed by atoms with van der Waals surface area (Å²) in [6.45, 7) is 6.09. The summed E-state index contributed by atoms with van der Waals surface area (Å²) in [4.78, 5) is 2.31. The molecule has 0 saturated carbocycles. The quantitative estimate of drug-likeness (QED) is 0.858. The Kier molecular flexibility index (Phi) is 4.38. The molecular formula is C11H16F3NS. The Bertz CT molecular complexity index is 324. The van der Waals surface area contributed by atoms with E-state index in [-0.39, 0.29) is 0 Å². The molecule has 16 heavy (non-hydrogen) atoms. The van der Waals surface area contributed by atoms with E-state index in [1.54, 1.807) is 18.3 Å². The summed E-state index contributed by atoms with van der Waals surface area (Å²) in [7, 11) is 0. The Morgan fingerprint density at radius 2 is 2.00 bits per heavy atom. The minimum Gasteiger partial charge on any atom is -0.309 e. The second kappa shape index (κ2) is 5.19. The summed E-state index contributed by atoms with van der Waals surface area (Å²) >= 11 is 1.63. The average molecular weight is 251 g/mol. The van der Waals surface area contributed by atoms with Crippen LogP contribution in [0.3, 0.4) is 0 Å². The summed E-state index contributed by atoms with van der Waals surface area (Å²) in [5.41, 5.74) is 1.20. The molecule has 1 aromatic heterocycles. The van der Waals surface area contributed by atoms with Gasteiger partial charge in [-0.25, -0.2) is 0 Å². The molecule has 0 aliphatic carbocycles. The maximum absolute atomic E-state index is 12.1. The average Bonchev–Trinajstić information content (AvgIpc) is 2.40. The zero-order chi connectivity index (χ0) is 12.3. The monoisotopic (exact) mass is 251 g/mol. The van der Waals surface area contributed by atoms with Crippen molar-refractivity contribution in [3.05, 3.63) is 21.4 Å². The highest BCUT2D eigenvalue weighted by Gasteiger charge is 2.29. The van der Waals surface area contributed by atoms with Gasteiger partial charge in [-0.15, -0.1) is 11.3 Å². The number of hydrogen-bond acceptors (Lipinski definition) is 2. The lowest BCUT2D eigenvalue weighted by Crippen LogP contribution is -2.30. The van der Waals surface area contributed by atoms with Gasteiger partial charge in [0.1, 0.15) is 0 Å². The third-order valence-corrected chi connectivity index (χ3v) is 3.53. The van der Waals surface area contributed by atoms with Crippen LogP contribution in [-0.4, -0.2) is 12.2 Å². The molecule has 1 heterocycles. The highest BCUT2D eigenvalue weighted by molar-refractivity contribution is 7.12. The smallest absolute Gasteiger partial charge is 0.309 e. The maximum Gasteiger partial charge on any atom is 0.390 e. The fourth-order valence-electron chi connectivity index (χ4n) is 1.43. The lowest BCUT2D eigenvalue weighted by atomic mass is 10.2. The molecule has 0 spiro atoms. The van der Waals surface area contributed by atoms with Crippen molar-refractivity contribution in [2.75, 3.05) is 0 Å². The molecule has 0 fully saturated rings. The van der Waals surface area contributed by atoms with Gasteiger partial charge in [0.25, 0.3) is 0 Å². The fraction of sp³-hybridized carbons (Fsp3) is 0.636. The topological polar surface area (TPSA) is 12.0 Å². The van der Waals surface area contributed by atoms with E-state index < -0.39 is 18.6 Å². The Balaban J connectivity index is 2.40. The molecule has 1 aromatic rings. The van der Waals surface area contributed by atoms with Gasteiger partial charge >= 0.3 is 6.18 Å². The van der Waals surface area contributed by atoms with E-state index >= 15 is 0 Å². The van der Waals surface area contributed by atoms with Crippen molar-refractivity contribution in [2.45, 2.75) is 46.0 Å². The number of halogens is 3. The van der Waals surface area contributed by atoms with Crippen molar-refractivity contribution in [1.82, 2.24) is 5.32 Å². The van der Waals surface area contributed by atoms with Gasteiger partial charge in [0.15, 0.2) is 0 Å². The highest BCUT2D eigenvalue weighted by atomic mass is 32.1. The summed E-state index contributed by atoms with van der Waals surface area (Å²) in [5, 5.41) is 2.89. The first kappa shape index (κ1) is 13.5. The van der Waals surface area contributed by atoms with Crippen molar-refractivity contribution in [1.29, 1.82) is 0 Å². The molecule has 92 valence electrons. The number of rotatable bonds is 4. The van der Waals surface area contributed by atoms with Crippen LogP contribution < -0.4 is 5.32 Å². The maximum atomic E-state index is 12.1. The molecule has 0 aliphatic rings. The molecular weight excluding hydrogens is 235 g/mol. The van der Waals surface area contributed by atoms with Gasteiger partial charge < -0.3 is 5.32 Å². The van der Waals surface area contributed by atoms with Gasteiger partial charge in [-0.1, -0.05) is 0 Å². The zero-order valence-corrected chi connectivity index (χ0v) is 10.4. The molecule has 1 atom stereocenters. The predicted molar refractivity (Wildman–Crippen MR) is 60.8 cm³/mol. The number of aryl methyl sites for hydroxylation is 2. The van der Waals surface area contributed by atoms with Crippen molar-refractivity contribution in [2.24, 2.45) is 0 Å². The molecule has 1 unspecified atom stereocenters. The molecule has 1 rings (SSSR count). The summed E-state index contributed by atoms with van der Waals surface area (Å²) in [5.74, 6) is 0. The molecule has 5 heteroatoms. The summed E-state index contributed by atoms with van der Waals surface area (Å²) < 4.78 is 36.2. The van der Waals surface area contributed by atoms with Crippen LogP contribution in [0.4, 0.5) is 13.2 Å². The van der Waals surface area contributed by atoms with Crippen LogP contribution in [-0.2, 0) is 6.54 Å². The first-order chi connectivity index (χ1) is 7.28. The van der Waals surface area contributed by atoms with E-state index in [4.69, 9.17) is 0 Å². The SMILES string of the molecule is Cc1cc(CNC(C)CC(F)(F)F)sc1C. The van der Waals surface area contributed by atoms with Gasteiger partial charge in [-0.2, -0.15) is 13.2 Å². The van der Waals surface area contributed by atoms with E-state index in [0.29, 0.717) is 6.54 Å². The van der Waals surface area contributed by atoms with E-state index in [1.165, 1.54) is 10.4 Å². The van der Waals surface area contributed by atoms with Crippen LogP contribution in [0, 0.1) is 13.8 Å². The van der Waals surface area contributed by atoms with Crippen molar-refractivity contribution < 1.29 is 13.2 Å². The van der Waals surface area contributed by atoms with E-state index in [0.717, 1.165) is 4.88 Å². The van der Waals surface area contributed by atoms with E-state index in [2.05, 4.69) is 5.32 Å². The van der Waals surface area contributed by atoms with Crippen molar-refractivity contribution in [3.63, 3.8) is 0 Å². The van der Waals surface area contributed by atoms with Crippen molar-refractivity contribution >= 4 is 11.3 Å². The Morgan fingerprint density at radius 3 is 2.44 bits per heavy atom. The zero-order valence-electron chi connectivity index (χ0n) is 9.61. The molecule has 1 N–H and O–H groups in total. The van der Waals surface area contributed by atoms with Crippen LogP contribution >= 0.6 is 11.3 Å². The number of thiophene rings is 1. The lowest BCUT2D eigenvalue weighted by Gasteiger charge is -2.14. The number of nitrogens with one attached hydrogen (secondary N) is 1. The normalized spacial score (nSPS) is 14.1. The van der Waals surface area contributed by atoms with E-state index in [9.17, 15) is 13.2 Å². The fourth-order valence-corrected chi connectivity index (χ4v) is 2.44. The molecule has 0 bridgehead atoms. The van der Waals surface area contributed by atoms with Gasteiger partial charge in [0, 0.05) is 22.3 Å². The largest absolute Gasteiger partial charge is 0.390 e. The molecule has 0 radical (unpaired) electrons. The second-order valence-electron chi connectivity index (χ2n) is 4.05. The Morgan fingerprint density at radius 1 is 1.38 bits per heavy atom. The van der Waals surface area contributed by atoms with Gasteiger partial charge in [0.2, 0.25) is 0 Å². The van der Waals surface area contributed by atoms with Crippen LogP contribution in [0.5, 0.6) is 0 Å². The van der Waals surface area contributed by atoms with Crippen LogP contribution in [0.15, 0.2) is 6.07 Å². The minimum absolute atomic E-state index is 0.511. The summed E-state index contributed by atoms with van der Waals surface area (Å²) in [6, 6.07) is 1.48. The first-order valence-electron chi connectivity index (χ1n) is 5.14. The molecule has 0 aliphatic heterocycles. The molecule has 0 saturated heterocycles. The molecule has 0 amide bonds. The van der Waals surface area contributed by atoms with E-state index in [1.807, 2.05) is 19.9 Å². The number of alkyl halides is 3. The number of hydrogen-bond donors (Lipinski definition) is 1. The third-order valence-electron chi connectivity index (χ3n) is 2.38. The highest BCUT2D eigenvalue weighted by Crippen LogP contribution is 2.23. The second-order valence-corrected chi connectivity index (χ2v) is 5.39. The molecule has 0 aromatic carbocycles. The summed E-state index contributed by atoms with van der Waals surface area (Å²) in [6.07, 6.45) is -4.87. The Labute approximate surface area is 97.7 Å². The van der Waals surface area contributed by atoms with Crippen LogP contribution in [0.25, 0.3) is 0 Å². The first-order valence-corrected chi connectivity index (χ1v) is 5.95. The van der Waals surface area contributed by atoms with Crippen LogP contribution in [0.1, 0.15) is 28.7 Å². The standard InChI is InChI=1S/C11H16F3NS/c1-7-4-10(16-9(7)3)6-15-8(2)5-11(12,13)14/h4,8,15H,5-6H2,1-3H3. The van der Waals surface area contributed by atoms with Crippen molar-refractivity contribution in [3.8, 4) is 0 Å². The van der Waals surface area contributed by atoms with Gasteiger partial charge in [-0.3, -0.25) is 0 Å². The van der Waals surface area contributed by atoms with Gasteiger partial charge in [-0.05, 0) is 32.4 Å².